The second-order valence-corrected chi connectivity index (χ2v) is 8.51. The van der Waals surface area contributed by atoms with E-state index in [1.165, 1.54) is 0 Å². The number of nitrogens with two attached hydrogens (primary N) is 4. The summed E-state index contributed by atoms with van der Waals surface area (Å²) in [5.41, 5.74) is 31.1. The standard InChI is InChI=1S/C22H46N10O3/c23-11-5-3-8-18(25)21(34)28-14-16-32(20(33)10-2-1-7-13-30-31-27)17-15-29-22(35)19(26)9-4-6-12-24/h18-19H,1-17,23-26H2,(H,28,34)(H,29,35)/t18-,19-/m0/s1. The Kier molecular flexibility index (Phi) is 20.5. The molecule has 0 aromatic rings. The molecule has 0 unspecified atom stereocenters. The van der Waals surface area contributed by atoms with Crippen LogP contribution in [0.1, 0.15) is 64.2 Å². The van der Waals surface area contributed by atoms with Crippen LogP contribution in [0, 0.1) is 0 Å². The molecule has 13 nitrogen and oxygen atoms in total. The molecule has 0 fully saturated rings. The summed E-state index contributed by atoms with van der Waals surface area (Å²) in [6, 6.07) is -1.22. The van der Waals surface area contributed by atoms with Crippen LogP contribution in [0.5, 0.6) is 0 Å². The molecule has 0 heterocycles. The summed E-state index contributed by atoms with van der Waals surface area (Å²) in [6.45, 7) is 2.66. The first-order valence-corrected chi connectivity index (χ1v) is 12.6. The predicted molar refractivity (Wildman–Crippen MR) is 137 cm³/mol. The zero-order valence-electron chi connectivity index (χ0n) is 21.0. The number of carbonyl (C=O) groups excluding carboxylic acids is 3. The Balaban J connectivity index is 4.62. The normalized spacial score (nSPS) is 12.3. The van der Waals surface area contributed by atoms with E-state index in [1.807, 2.05) is 0 Å². The molecule has 0 aliphatic heterocycles. The van der Waals surface area contributed by atoms with E-state index in [0.717, 1.165) is 32.1 Å². The minimum Gasteiger partial charge on any atom is -0.353 e. The summed E-state index contributed by atoms with van der Waals surface area (Å²) in [5, 5.41) is 9.04. The topological polar surface area (TPSA) is 231 Å². The van der Waals surface area contributed by atoms with E-state index in [4.69, 9.17) is 28.5 Å². The number of azide groups is 1. The average Bonchev–Trinajstić information content (AvgIpc) is 2.84. The summed E-state index contributed by atoms with van der Waals surface area (Å²) in [4.78, 5) is 41.5. The lowest BCUT2D eigenvalue weighted by Gasteiger charge is -2.24. The highest BCUT2D eigenvalue weighted by Crippen LogP contribution is 2.05. The quantitative estimate of drug-likeness (QED) is 0.0510. The number of amides is 3. The summed E-state index contributed by atoms with van der Waals surface area (Å²) < 4.78 is 0. The van der Waals surface area contributed by atoms with Gasteiger partial charge in [0.2, 0.25) is 17.7 Å². The molecule has 0 saturated carbocycles. The van der Waals surface area contributed by atoms with Gasteiger partial charge in [0.05, 0.1) is 12.1 Å². The maximum Gasteiger partial charge on any atom is 0.236 e. The van der Waals surface area contributed by atoms with Gasteiger partial charge in [0.1, 0.15) is 0 Å². The van der Waals surface area contributed by atoms with E-state index in [9.17, 15) is 14.4 Å². The molecule has 0 rings (SSSR count). The molecule has 13 heteroatoms. The van der Waals surface area contributed by atoms with Gasteiger partial charge in [-0.15, -0.1) is 0 Å². The predicted octanol–water partition coefficient (Wildman–Crippen LogP) is -0.169. The smallest absolute Gasteiger partial charge is 0.236 e. The fourth-order valence-corrected chi connectivity index (χ4v) is 3.37. The van der Waals surface area contributed by atoms with Crippen LogP contribution in [0.25, 0.3) is 10.4 Å². The van der Waals surface area contributed by atoms with E-state index >= 15 is 0 Å². The zero-order valence-corrected chi connectivity index (χ0v) is 21.0. The lowest BCUT2D eigenvalue weighted by molar-refractivity contribution is -0.132. The van der Waals surface area contributed by atoms with Crippen molar-refractivity contribution in [2.75, 3.05) is 45.8 Å². The minimum atomic E-state index is -0.609. The Labute approximate surface area is 208 Å². The van der Waals surface area contributed by atoms with Crippen molar-refractivity contribution in [3.05, 3.63) is 10.4 Å². The Hall–Kier alpha value is -2.44. The molecular formula is C22H46N10O3. The third kappa shape index (κ3) is 17.6. The highest BCUT2D eigenvalue weighted by atomic mass is 16.2. The first kappa shape index (κ1) is 32.6. The third-order valence-corrected chi connectivity index (χ3v) is 5.54. The van der Waals surface area contributed by atoms with Crippen LogP contribution in [-0.4, -0.2) is 80.5 Å². The molecule has 0 saturated heterocycles. The number of rotatable bonds is 22. The van der Waals surface area contributed by atoms with Gasteiger partial charge in [-0.05, 0) is 57.1 Å². The Morgan fingerprint density at radius 2 is 1.31 bits per heavy atom. The molecule has 10 N–H and O–H groups in total. The Morgan fingerprint density at radius 1 is 0.800 bits per heavy atom. The molecule has 2 atom stereocenters. The van der Waals surface area contributed by atoms with Crippen molar-refractivity contribution < 1.29 is 14.4 Å². The van der Waals surface area contributed by atoms with Crippen LogP contribution < -0.4 is 33.6 Å². The number of hydrogen-bond donors (Lipinski definition) is 6. The van der Waals surface area contributed by atoms with Crippen LogP contribution >= 0.6 is 0 Å². The number of unbranched alkanes of at least 4 members (excludes halogenated alkanes) is 4. The van der Waals surface area contributed by atoms with E-state index in [1.54, 1.807) is 4.90 Å². The average molecular weight is 499 g/mol. The lowest BCUT2D eigenvalue weighted by Crippen LogP contribution is -2.47. The first-order valence-electron chi connectivity index (χ1n) is 12.6. The van der Waals surface area contributed by atoms with Crippen molar-refractivity contribution in [3.63, 3.8) is 0 Å². The van der Waals surface area contributed by atoms with Gasteiger partial charge in [0, 0.05) is 44.1 Å². The molecule has 3 amide bonds. The van der Waals surface area contributed by atoms with E-state index in [-0.39, 0.29) is 30.8 Å². The SMILES string of the molecule is [N-]=[N+]=NCCCCCC(=O)N(CCNC(=O)[C@@H](N)CCCCN)CCNC(=O)[C@@H](N)CCCCN. The molecule has 0 aromatic heterocycles. The van der Waals surface area contributed by atoms with Crippen LogP contribution in [-0.2, 0) is 14.4 Å². The van der Waals surface area contributed by atoms with Crippen molar-refractivity contribution in [2.24, 2.45) is 28.0 Å². The van der Waals surface area contributed by atoms with E-state index in [0.29, 0.717) is 64.8 Å². The van der Waals surface area contributed by atoms with Gasteiger partial charge in [-0.1, -0.05) is 24.4 Å². The lowest BCUT2D eigenvalue weighted by atomic mass is 10.1. The highest BCUT2D eigenvalue weighted by molar-refractivity contribution is 5.82. The maximum absolute atomic E-state index is 12.7. The molecule has 0 aliphatic rings. The van der Waals surface area contributed by atoms with Crippen molar-refractivity contribution in [2.45, 2.75) is 76.3 Å². The summed E-state index contributed by atoms with van der Waals surface area (Å²) >= 11 is 0. The third-order valence-electron chi connectivity index (χ3n) is 5.54. The van der Waals surface area contributed by atoms with Crippen molar-refractivity contribution in [3.8, 4) is 0 Å². The second kappa shape index (κ2) is 22.1. The van der Waals surface area contributed by atoms with Crippen LogP contribution in [0.2, 0.25) is 0 Å². The summed E-state index contributed by atoms with van der Waals surface area (Å²) in [5.74, 6) is -0.592. The minimum absolute atomic E-state index is 0.0724. The van der Waals surface area contributed by atoms with Gasteiger partial charge in [-0.25, -0.2) is 0 Å². The molecule has 0 aromatic carbocycles. The monoisotopic (exact) mass is 498 g/mol. The van der Waals surface area contributed by atoms with Gasteiger partial charge in [-0.3, -0.25) is 14.4 Å². The number of carbonyl (C=O) groups is 3. The molecule has 0 radical (unpaired) electrons. The largest absolute Gasteiger partial charge is 0.353 e. The summed E-state index contributed by atoms with van der Waals surface area (Å²) in [7, 11) is 0. The number of nitrogens with one attached hydrogen (secondary N) is 2. The van der Waals surface area contributed by atoms with Crippen LogP contribution in [0.4, 0.5) is 0 Å². The fraction of sp³-hybridized carbons (Fsp3) is 0.864. The molecule has 0 bridgehead atoms. The van der Waals surface area contributed by atoms with Gasteiger partial charge in [0.15, 0.2) is 0 Å². The van der Waals surface area contributed by atoms with Crippen molar-refractivity contribution in [1.29, 1.82) is 0 Å². The second-order valence-electron chi connectivity index (χ2n) is 8.51. The maximum atomic E-state index is 12.7. The fourth-order valence-electron chi connectivity index (χ4n) is 3.37. The van der Waals surface area contributed by atoms with Crippen LogP contribution in [0.15, 0.2) is 5.11 Å². The van der Waals surface area contributed by atoms with Gasteiger partial charge in [-0.2, -0.15) is 0 Å². The highest BCUT2D eigenvalue weighted by Gasteiger charge is 2.17. The summed E-state index contributed by atoms with van der Waals surface area (Å²) in [6.07, 6.45) is 6.77. The van der Waals surface area contributed by atoms with Gasteiger partial charge < -0.3 is 38.5 Å². The zero-order chi connectivity index (χ0) is 26.3. The molecule has 202 valence electrons. The molecule has 35 heavy (non-hydrogen) atoms. The Morgan fingerprint density at radius 3 is 1.77 bits per heavy atom. The molecule has 0 spiro atoms. The molecule has 0 aliphatic carbocycles. The molecular weight excluding hydrogens is 452 g/mol. The van der Waals surface area contributed by atoms with E-state index in [2.05, 4.69) is 20.7 Å². The van der Waals surface area contributed by atoms with Crippen molar-refractivity contribution in [1.82, 2.24) is 15.5 Å². The number of nitrogens with zero attached hydrogens (tertiary/aromatic N) is 4. The van der Waals surface area contributed by atoms with Gasteiger partial charge in [0.25, 0.3) is 0 Å². The first-order chi connectivity index (χ1) is 16.9. The van der Waals surface area contributed by atoms with E-state index < -0.39 is 12.1 Å². The number of hydrogen-bond acceptors (Lipinski definition) is 8. The Bertz CT molecular complexity index is 609. The van der Waals surface area contributed by atoms with Crippen LogP contribution in [0.3, 0.4) is 0 Å². The van der Waals surface area contributed by atoms with Crippen molar-refractivity contribution >= 4 is 17.7 Å². The van der Waals surface area contributed by atoms with Gasteiger partial charge >= 0.3 is 0 Å².